The Labute approximate surface area is 318 Å². The fraction of sp³-hybridized carbons (Fsp3) is 0.698. The topological polar surface area (TPSA) is 117 Å². The Morgan fingerprint density at radius 3 is 1.58 bits per heavy atom. The molecule has 0 aliphatic rings. The molecule has 0 aliphatic carbocycles. The molecule has 0 aromatic carbocycles. The van der Waals surface area contributed by atoms with Gasteiger partial charge in [-0.05, 0) is 63.9 Å². The molecule has 0 saturated carbocycles. The average Bonchev–Trinajstić information content (AvgIpc) is 3.13. The minimum Gasteiger partial charge on any atom is -0.498 e. The first-order valence-corrected chi connectivity index (χ1v) is 22.0. The Hall–Kier alpha value is -2.22. The molecule has 0 amide bonds. The number of ether oxygens (including phenoxy) is 2. The number of hydrogen-bond donors (Lipinski definition) is 2. The normalized spacial score (nSPS) is 14.2. The van der Waals surface area contributed by atoms with Crippen LogP contribution in [0.4, 0.5) is 0 Å². The van der Waals surface area contributed by atoms with E-state index in [0.29, 0.717) is 6.42 Å². The molecule has 300 valence electrons. The highest BCUT2D eigenvalue weighted by atomic mass is 31.2. The van der Waals surface area contributed by atoms with E-state index in [-0.39, 0.29) is 32.8 Å². The highest BCUT2D eigenvalue weighted by Crippen LogP contribution is 2.43. The van der Waals surface area contributed by atoms with Crippen molar-refractivity contribution in [1.29, 1.82) is 0 Å². The van der Waals surface area contributed by atoms with Crippen molar-refractivity contribution in [1.82, 2.24) is 0 Å². The lowest BCUT2D eigenvalue weighted by molar-refractivity contribution is -0.153. The number of phosphoric acid groups is 1. The Balaban J connectivity index is 4.27. The Bertz CT molecular complexity index is 1020. The van der Waals surface area contributed by atoms with Crippen molar-refractivity contribution in [3.8, 4) is 0 Å². The quantitative estimate of drug-likeness (QED) is 0.0211. The lowest BCUT2D eigenvalue weighted by atomic mass is 10.0. The van der Waals surface area contributed by atoms with Crippen LogP contribution in [-0.4, -0.2) is 43.3 Å². The fourth-order valence-electron chi connectivity index (χ4n) is 5.18. The molecule has 0 aliphatic heterocycles. The molecule has 3 N–H and O–H groups in total. The third-order valence-electron chi connectivity index (χ3n) is 8.20. The highest BCUT2D eigenvalue weighted by molar-refractivity contribution is 7.47. The Kier molecular flexibility index (Phi) is 38.3. The number of carbonyl (C=O) groups excluding carboxylic acids is 1. The summed E-state index contributed by atoms with van der Waals surface area (Å²) < 4.78 is 33.0. The SMILES string of the molecule is CCCCC/C=C\C/C=C\C/C=C\C/C=C\C/C=C\CCC(=O)OC(COC=CCCCCCCCCCCCCCC)COP(=O)(O)OCCN. The number of hydrogen-bond acceptors (Lipinski definition) is 7. The van der Waals surface area contributed by atoms with E-state index in [1.807, 2.05) is 18.2 Å². The Morgan fingerprint density at radius 2 is 1.04 bits per heavy atom. The van der Waals surface area contributed by atoms with Gasteiger partial charge in [-0.15, -0.1) is 0 Å². The van der Waals surface area contributed by atoms with Crippen LogP contribution in [0.5, 0.6) is 0 Å². The minimum atomic E-state index is -4.31. The maximum absolute atomic E-state index is 12.5. The smallest absolute Gasteiger partial charge is 0.472 e. The van der Waals surface area contributed by atoms with Crippen molar-refractivity contribution in [3.63, 3.8) is 0 Å². The zero-order valence-corrected chi connectivity index (χ0v) is 33.9. The van der Waals surface area contributed by atoms with E-state index < -0.39 is 19.9 Å². The summed E-state index contributed by atoms with van der Waals surface area (Å²) in [4.78, 5) is 22.4. The number of allylic oxidation sites excluding steroid dienone is 11. The fourth-order valence-corrected chi connectivity index (χ4v) is 5.94. The van der Waals surface area contributed by atoms with Crippen LogP contribution in [0.25, 0.3) is 0 Å². The van der Waals surface area contributed by atoms with Crippen LogP contribution in [0.3, 0.4) is 0 Å². The van der Waals surface area contributed by atoms with Crippen LogP contribution >= 0.6 is 7.82 Å². The molecule has 0 spiro atoms. The van der Waals surface area contributed by atoms with E-state index in [0.717, 1.165) is 38.5 Å². The van der Waals surface area contributed by atoms with Crippen molar-refractivity contribution < 1.29 is 32.8 Å². The van der Waals surface area contributed by atoms with Crippen molar-refractivity contribution >= 4 is 13.8 Å². The zero-order valence-electron chi connectivity index (χ0n) is 33.0. The molecule has 0 heterocycles. The first kappa shape index (κ1) is 49.8. The molecule has 0 bridgehead atoms. The van der Waals surface area contributed by atoms with Gasteiger partial charge >= 0.3 is 13.8 Å². The van der Waals surface area contributed by atoms with Gasteiger partial charge in [-0.2, -0.15) is 0 Å². The second-order valence-electron chi connectivity index (χ2n) is 13.2. The molecule has 8 nitrogen and oxygen atoms in total. The van der Waals surface area contributed by atoms with Gasteiger partial charge in [0.05, 0.1) is 19.5 Å². The Morgan fingerprint density at radius 1 is 0.596 bits per heavy atom. The summed E-state index contributed by atoms with van der Waals surface area (Å²) in [5.41, 5.74) is 5.35. The summed E-state index contributed by atoms with van der Waals surface area (Å²) in [5.74, 6) is -0.435. The summed E-state index contributed by atoms with van der Waals surface area (Å²) in [7, 11) is -4.31. The van der Waals surface area contributed by atoms with Crippen molar-refractivity contribution in [2.75, 3.05) is 26.4 Å². The lowest BCUT2D eigenvalue weighted by Gasteiger charge is -2.19. The molecule has 0 saturated heterocycles. The van der Waals surface area contributed by atoms with Gasteiger partial charge in [-0.1, -0.05) is 158 Å². The van der Waals surface area contributed by atoms with Crippen molar-refractivity contribution in [3.05, 3.63) is 73.1 Å². The van der Waals surface area contributed by atoms with Crippen LogP contribution in [0, 0.1) is 0 Å². The van der Waals surface area contributed by atoms with Gasteiger partial charge in [-0.25, -0.2) is 4.57 Å². The molecule has 0 radical (unpaired) electrons. The van der Waals surface area contributed by atoms with Crippen LogP contribution in [0.1, 0.15) is 162 Å². The van der Waals surface area contributed by atoms with E-state index in [9.17, 15) is 14.3 Å². The maximum Gasteiger partial charge on any atom is 0.472 e. The number of unbranched alkanes of at least 4 members (excludes halogenated alkanes) is 15. The number of nitrogens with two attached hydrogens (primary N) is 1. The molecule has 0 rings (SSSR count). The van der Waals surface area contributed by atoms with Gasteiger partial charge in [0.15, 0.2) is 6.10 Å². The first-order chi connectivity index (χ1) is 25.4. The van der Waals surface area contributed by atoms with Gasteiger partial charge in [0.25, 0.3) is 0 Å². The minimum absolute atomic E-state index is 0.000517. The molecule has 9 heteroatoms. The first-order valence-electron chi connectivity index (χ1n) is 20.5. The number of carbonyl (C=O) groups is 1. The summed E-state index contributed by atoms with van der Waals surface area (Å²) in [6.07, 6.45) is 50.2. The molecular formula is C43H76NO7P. The number of phosphoric ester groups is 1. The third kappa shape index (κ3) is 39.0. The predicted molar refractivity (Wildman–Crippen MR) is 219 cm³/mol. The summed E-state index contributed by atoms with van der Waals surface area (Å²) in [6.45, 7) is 4.11. The monoisotopic (exact) mass is 750 g/mol. The number of rotatable bonds is 38. The van der Waals surface area contributed by atoms with E-state index in [4.69, 9.17) is 24.3 Å². The number of esters is 1. The van der Waals surface area contributed by atoms with Crippen molar-refractivity contribution in [2.24, 2.45) is 5.73 Å². The van der Waals surface area contributed by atoms with Crippen LogP contribution < -0.4 is 5.73 Å². The molecule has 2 atom stereocenters. The van der Waals surface area contributed by atoms with Gasteiger partial charge in [0.2, 0.25) is 0 Å². The predicted octanol–water partition coefficient (Wildman–Crippen LogP) is 12.3. The standard InChI is InChI=1S/C43H76NO7P/c1-3-5-7-9-11-13-15-17-19-20-21-22-23-24-26-28-30-32-34-36-43(45)51-42(41-50-52(46,47)49-39-37-44)40-48-38-35-33-31-29-27-25-18-16-14-12-10-8-6-4-2/h11,13,17,19,21-22,24,26,30,32,35,38,42H,3-10,12,14-16,18,20,23,25,27-29,31,33-34,36-37,39-41,44H2,1-2H3,(H,46,47)/b13-11-,19-17-,22-21-,26-24-,32-30-,38-35?. The molecule has 0 aromatic rings. The summed E-state index contributed by atoms with van der Waals surface area (Å²) in [5, 5.41) is 0. The molecule has 0 aromatic heterocycles. The lowest BCUT2D eigenvalue weighted by Crippen LogP contribution is -2.27. The average molecular weight is 750 g/mol. The van der Waals surface area contributed by atoms with Crippen LogP contribution in [0.15, 0.2) is 73.1 Å². The van der Waals surface area contributed by atoms with E-state index in [1.54, 1.807) is 6.26 Å². The van der Waals surface area contributed by atoms with Crippen LogP contribution in [-0.2, 0) is 27.9 Å². The summed E-state index contributed by atoms with van der Waals surface area (Å²) >= 11 is 0. The molecular weight excluding hydrogens is 673 g/mol. The van der Waals surface area contributed by atoms with Gasteiger partial charge in [0.1, 0.15) is 6.61 Å². The van der Waals surface area contributed by atoms with Crippen molar-refractivity contribution in [2.45, 2.75) is 168 Å². The van der Waals surface area contributed by atoms with E-state index in [2.05, 4.69) is 62.5 Å². The third-order valence-corrected chi connectivity index (χ3v) is 9.19. The second-order valence-corrected chi connectivity index (χ2v) is 14.7. The van der Waals surface area contributed by atoms with E-state index in [1.165, 1.54) is 96.3 Å². The molecule has 52 heavy (non-hydrogen) atoms. The van der Waals surface area contributed by atoms with E-state index >= 15 is 0 Å². The van der Waals surface area contributed by atoms with Gasteiger partial charge in [0, 0.05) is 13.0 Å². The van der Waals surface area contributed by atoms with Gasteiger partial charge < -0.3 is 20.1 Å². The largest absolute Gasteiger partial charge is 0.498 e. The van der Waals surface area contributed by atoms with Crippen LogP contribution in [0.2, 0.25) is 0 Å². The highest BCUT2D eigenvalue weighted by Gasteiger charge is 2.25. The zero-order chi connectivity index (χ0) is 38.1. The molecule has 0 fully saturated rings. The summed E-state index contributed by atoms with van der Waals surface area (Å²) in [6, 6.07) is 0. The molecule has 2 unspecified atom stereocenters. The maximum atomic E-state index is 12.5. The van der Waals surface area contributed by atoms with Gasteiger partial charge in [-0.3, -0.25) is 13.8 Å². The second kappa shape index (κ2) is 40.0.